The number of rotatable bonds is 6. The van der Waals surface area contributed by atoms with E-state index >= 15 is 0 Å². The molecule has 3 rings (SSSR count). The molecule has 0 fully saturated rings. The molecule has 2 aromatic heterocycles. The third-order valence-electron chi connectivity index (χ3n) is 4.15. The number of fused-ring (bicyclic) bond motifs is 1. The Hall–Kier alpha value is -2.45. The lowest BCUT2D eigenvalue weighted by atomic mass is 10.1. The number of ether oxygens (including phenoxy) is 1. The number of H-pyrrole nitrogens is 1. The van der Waals surface area contributed by atoms with Crippen LogP contribution in [0.5, 0.6) is 0 Å². The van der Waals surface area contributed by atoms with Gasteiger partial charge in [0.25, 0.3) is 10.7 Å². The molecule has 0 aliphatic carbocycles. The van der Waals surface area contributed by atoms with E-state index in [9.17, 15) is 4.79 Å². The molecular weight excluding hydrogens is 340 g/mol. The molecule has 0 saturated heterocycles. The van der Waals surface area contributed by atoms with Crippen molar-refractivity contribution in [2.24, 2.45) is 0 Å². The number of amides is 1. The van der Waals surface area contributed by atoms with Crippen molar-refractivity contribution < 1.29 is 13.9 Å². The molecule has 0 aliphatic rings. The van der Waals surface area contributed by atoms with E-state index in [1.54, 1.807) is 25.3 Å². The minimum absolute atomic E-state index is 0.173. The fraction of sp³-hybridized carbons (Fsp3) is 0.353. The largest absolute Gasteiger partial charge is 0.429 e. The normalized spacial score (nSPS) is 11.2. The number of aromatic amines is 1. The quantitative estimate of drug-likeness (QED) is 0.660. The first-order chi connectivity index (χ1) is 12.0. The highest BCUT2D eigenvalue weighted by atomic mass is 32.1. The van der Waals surface area contributed by atoms with Gasteiger partial charge in [0.15, 0.2) is 5.58 Å². The Kier molecular flexibility index (Phi) is 5.00. The van der Waals surface area contributed by atoms with Crippen LogP contribution >= 0.6 is 12.2 Å². The van der Waals surface area contributed by atoms with Gasteiger partial charge < -0.3 is 19.5 Å². The maximum Gasteiger partial charge on any atom is 0.266 e. The number of methoxy groups -OCH3 is 1. The zero-order chi connectivity index (χ0) is 18.0. The maximum atomic E-state index is 12.4. The second kappa shape index (κ2) is 7.20. The van der Waals surface area contributed by atoms with Gasteiger partial charge in [-0.2, -0.15) is 5.10 Å². The molecule has 0 radical (unpaired) electrons. The summed E-state index contributed by atoms with van der Waals surface area (Å²) in [6.45, 7) is 5.63. The molecule has 3 aromatic rings. The molecule has 0 atom stereocenters. The van der Waals surface area contributed by atoms with Gasteiger partial charge in [-0.05, 0) is 44.3 Å². The average Bonchev–Trinajstić information content (AvgIpc) is 3.09. The Labute approximate surface area is 150 Å². The fourth-order valence-corrected chi connectivity index (χ4v) is 2.94. The van der Waals surface area contributed by atoms with E-state index in [0.717, 1.165) is 22.5 Å². The van der Waals surface area contributed by atoms with Crippen molar-refractivity contribution in [3.63, 3.8) is 0 Å². The predicted molar refractivity (Wildman–Crippen MR) is 96.1 cm³/mol. The van der Waals surface area contributed by atoms with Gasteiger partial charge >= 0.3 is 0 Å². The third-order valence-corrected chi connectivity index (χ3v) is 4.33. The van der Waals surface area contributed by atoms with Crippen LogP contribution < -0.4 is 5.32 Å². The highest BCUT2D eigenvalue weighted by molar-refractivity contribution is 7.71. The summed E-state index contributed by atoms with van der Waals surface area (Å²) in [7, 11) is 1.66. The summed E-state index contributed by atoms with van der Waals surface area (Å²) >= 11 is 4.96. The molecule has 2 N–H and O–H groups in total. The van der Waals surface area contributed by atoms with E-state index in [1.165, 1.54) is 0 Å². The Morgan fingerprint density at radius 2 is 2.24 bits per heavy atom. The van der Waals surface area contributed by atoms with E-state index in [-0.39, 0.29) is 5.91 Å². The summed E-state index contributed by atoms with van der Waals surface area (Å²) in [5, 5.41) is 7.43. The molecule has 0 unspecified atom stereocenters. The first kappa shape index (κ1) is 17.4. The second-order valence-corrected chi connectivity index (χ2v) is 6.14. The summed E-state index contributed by atoms with van der Waals surface area (Å²) in [5.41, 5.74) is 4.81. The lowest BCUT2D eigenvalue weighted by Gasteiger charge is -2.07. The number of nitrogens with zero attached hydrogens (tertiary/aromatic N) is 2. The van der Waals surface area contributed by atoms with Crippen LogP contribution in [0.25, 0.3) is 11.1 Å². The van der Waals surface area contributed by atoms with Crippen molar-refractivity contribution in [3.8, 4) is 0 Å². The Morgan fingerprint density at radius 1 is 1.44 bits per heavy atom. The number of hydrogen-bond donors (Lipinski definition) is 2. The zero-order valence-corrected chi connectivity index (χ0v) is 15.2. The Bertz CT molecular complexity index is 970. The van der Waals surface area contributed by atoms with Gasteiger partial charge in [0.1, 0.15) is 0 Å². The second-order valence-electron chi connectivity index (χ2n) is 5.77. The molecule has 0 spiro atoms. The molecule has 25 heavy (non-hydrogen) atoms. The van der Waals surface area contributed by atoms with Gasteiger partial charge in [-0.25, -0.2) is 0 Å². The van der Waals surface area contributed by atoms with Crippen molar-refractivity contribution >= 4 is 29.2 Å². The zero-order valence-electron chi connectivity index (χ0n) is 14.4. The van der Waals surface area contributed by atoms with Crippen molar-refractivity contribution in [1.29, 1.82) is 0 Å². The number of carbonyl (C=O) groups is 1. The predicted octanol–water partition coefficient (Wildman–Crippen LogP) is 2.88. The van der Waals surface area contributed by atoms with E-state index in [2.05, 4.69) is 15.4 Å². The van der Waals surface area contributed by atoms with Crippen LogP contribution in [-0.2, 0) is 17.8 Å². The molecule has 1 aromatic carbocycles. The molecule has 0 saturated carbocycles. The van der Waals surface area contributed by atoms with Crippen LogP contribution in [0, 0.1) is 18.7 Å². The summed E-state index contributed by atoms with van der Waals surface area (Å²) in [4.78, 5) is 15.6. The van der Waals surface area contributed by atoms with Crippen LogP contribution in [0.15, 0.2) is 22.6 Å². The Morgan fingerprint density at radius 3 is 3.00 bits per heavy atom. The van der Waals surface area contributed by atoms with E-state index in [4.69, 9.17) is 21.4 Å². The third kappa shape index (κ3) is 3.64. The number of benzene rings is 1. The summed E-state index contributed by atoms with van der Waals surface area (Å²) in [6.07, 6.45) is 0. The standard InChI is InChI=1S/C17H20N4O3S/c1-10-13(11(2)21(20-10)6-7-23-3)9-18-16(22)12-4-5-14-15(8-12)24-17(25)19-14/h4-5,8H,6-7,9H2,1-3H3,(H,18,22)(H,19,25). The molecule has 132 valence electrons. The number of hydrogen-bond acceptors (Lipinski definition) is 5. The van der Waals surface area contributed by atoms with Gasteiger partial charge in [-0.15, -0.1) is 0 Å². The number of nitrogens with one attached hydrogen (secondary N) is 2. The number of aromatic nitrogens is 3. The minimum Gasteiger partial charge on any atom is -0.429 e. The highest BCUT2D eigenvalue weighted by Crippen LogP contribution is 2.16. The lowest BCUT2D eigenvalue weighted by Crippen LogP contribution is -2.23. The fourth-order valence-electron chi connectivity index (χ4n) is 2.74. The van der Waals surface area contributed by atoms with Crippen LogP contribution in [-0.4, -0.2) is 34.4 Å². The summed E-state index contributed by atoms with van der Waals surface area (Å²) in [5.74, 6) is -0.173. The Balaban J connectivity index is 1.73. The van der Waals surface area contributed by atoms with Gasteiger partial charge in [-0.3, -0.25) is 9.48 Å². The van der Waals surface area contributed by atoms with E-state index in [1.807, 2.05) is 18.5 Å². The van der Waals surface area contributed by atoms with E-state index < -0.39 is 0 Å². The van der Waals surface area contributed by atoms with Gasteiger partial charge in [0.05, 0.1) is 24.4 Å². The first-order valence-electron chi connectivity index (χ1n) is 7.92. The SMILES string of the molecule is COCCn1nc(C)c(CNC(=O)c2ccc3[nH]c(=S)oc3c2)c1C. The number of aryl methyl sites for hydroxylation is 1. The van der Waals surface area contributed by atoms with Crippen LogP contribution in [0.3, 0.4) is 0 Å². The van der Waals surface area contributed by atoms with Crippen molar-refractivity contribution in [2.45, 2.75) is 26.9 Å². The van der Waals surface area contributed by atoms with Crippen molar-refractivity contribution in [1.82, 2.24) is 20.1 Å². The highest BCUT2D eigenvalue weighted by Gasteiger charge is 2.14. The molecule has 0 aliphatic heterocycles. The lowest BCUT2D eigenvalue weighted by molar-refractivity contribution is 0.0951. The van der Waals surface area contributed by atoms with Crippen LogP contribution in [0.2, 0.25) is 0 Å². The van der Waals surface area contributed by atoms with Crippen molar-refractivity contribution in [2.75, 3.05) is 13.7 Å². The van der Waals surface area contributed by atoms with Gasteiger partial charge in [-0.1, -0.05) is 0 Å². The monoisotopic (exact) mass is 360 g/mol. The topological polar surface area (TPSA) is 85.1 Å². The first-order valence-corrected chi connectivity index (χ1v) is 8.33. The van der Waals surface area contributed by atoms with Gasteiger partial charge in [0.2, 0.25) is 0 Å². The summed E-state index contributed by atoms with van der Waals surface area (Å²) in [6, 6.07) is 5.20. The van der Waals surface area contributed by atoms with Gasteiger partial charge in [0, 0.05) is 30.5 Å². The molecule has 2 heterocycles. The molecular formula is C17H20N4O3S. The summed E-state index contributed by atoms with van der Waals surface area (Å²) < 4.78 is 12.3. The maximum absolute atomic E-state index is 12.4. The molecule has 7 nitrogen and oxygen atoms in total. The molecule has 0 bridgehead atoms. The van der Waals surface area contributed by atoms with Crippen molar-refractivity contribution in [3.05, 3.63) is 45.6 Å². The molecule has 8 heteroatoms. The molecule has 1 amide bonds. The van der Waals surface area contributed by atoms with Crippen LogP contribution in [0.4, 0.5) is 0 Å². The number of oxazole rings is 1. The average molecular weight is 360 g/mol. The van der Waals surface area contributed by atoms with Crippen LogP contribution in [0.1, 0.15) is 27.3 Å². The smallest absolute Gasteiger partial charge is 0.266 e. The van der Waals surface area contributed by atoms with E-state index in [0.29, 0.717) is 35.7 Å². The number of carbonyl (C=O) groups excluding carboxylic acids is 1. The minimum atomic E-state index is -0.173.